The van der Waals surface area contributed by atoms with Gasteiger partial charge in [0.2, 0.25) is 0 Å². The van der Waals surface area contributed by atoms with Gasteiger partial charge in [-0.2, -0.15) is 13.2 Å². The molecular formula is C10H9ClF4N2O. The van der Waals surface area contributed by atoms with Crippen molar-refractivity contribution in [3.63, 3.8) is 0 Å². The Morgan fingerprint density at radius 1 is 1.44 bits per heavy atom. The number of hydrogen-bond acceptors (Lipinski definition) is 2. The first-order chi connectivity index (χ1) is 8.21. The molecule has 0 amide bonds. The van der Waals surface area contributed by atoms with E-state index in [1.807, 2.05) is 0 Å². The number of ether oxygens (including phenoxy) is 1. The van der Waals surface area contributed by atoms with Gasteiger partial charge in [-0.1, -0.05) is 11.6 Å². The molecule has 18 heavy (non-hydrogen) atoms. The number of rotatable bonds is 4. The Morgan fingerprint density at radius 2 is 2.06 bits per heavy atom. The van der Waals surface area contributed by atoms with Crippen molar-refractivity contribution in [1.29, 1.82) is 5.41 Å². The summed E-state index contributed by atoms with van der Waals surface area (Å²) in [7, 11) is 0. The molecule has 3 N–H and O–H groups in total. The minimum atomic E-state index is -4.68. The average molecular weight is 285 g/mol. The summed E-state index contributed by atoms with van der Waals surface area (Å²) in [5, 5.41) is 6.69. The number of alkyl halides is 3. The summed E-state index contributed by atoms with van der Waals surface area (Å²) < 4.78 is 54.8. The van der Waals surface area contributed by atoms with E-state index >= 15 is 0 Å². The van der Waals surface area contributed by atoms with Gasteiger partial charge in [0.05, 0.1) is 5.02 Å². The van der Waals surface area contributed by atoms with Gasteiger partial charge in [0, 0.05) is 0 Å². The fourth-order valence-corrected chi connectivity index (χ4v) is 1.35. The molecule has 0 saturated carbocycles. The summed E-state index contributed by atoms with van der Waals surface area (Å²) in [6.45, 7) is -0.885. The van der Waals surface area contributed by atoms with Gasteiger partial charge in [0.15, 0.2) is 0 Å². The monoisotopic (exact) mass is 284 g/mol. The van der Waals surface area contributed by atoms with Gasteiger partial charge in [-0.25, -0.2) is 4.39 Å². The van der Waals surface area contributed by atoms with Gasteiger partial charge in [-0.15, -0.1) is 0 Å². The highest BCUT2D eigenvalue weighted by Crippen LogP contribution is 2.29. The molecule has 1 aromatic carbocycles. The number of hydrogen-bond donors (Lipinski definition) is 2. The second kappa shape index (κ2) is 5.43. The zero-order chi connectivity index (χ0) is 13.9. The van der Waals surface area contributed by atoms with Crippen LogP contribution in [0, 0.1) is 17.1 Å². The molecule has 1 rings (SSSR count). The molecule has 100 valence electrons. The van der Waals surface area contributed by atoms with Crippen LogP contribution in [0.15, 0.2) is 18.2 Å². The molecule has 0 spiro atoms. The Hall–Kier alpha value is -1.50. The second-order valence-corrected chi connectivity index (χ2v) is 3.84. The van der Waals surface area contributed by atoms with Crippen molar-refractivity contribution >= 4 is 17.4 Å². The predicted molar refractivity (Wildman–Crippen MR) is 58.4 cm³/mol. The van der Waals surface area contributed by atoms with Gasteiger partial charge < -0.3 is 10.5 Å². The fraction of sp³-hybridized carbons (Fsp3) is 0.300. The quantitative estimate of drug-likeness (QED) is 0.507. The van der Waals surface area contributed by atoms with Crippen LogP contribution in [0.4, 0.5) is 17.6 Å². The number of halogens is 5. The minimum absolute atomic E-state index is 0.103. The van der Waals surface area contributed by atoms with E-state index in [9.17, 15) is 17.6 Å². The van der Waals surface area contributed by atoms with Crippen LogP contribution >= 0.6 is 11.6 Å². The van der Waals surface area contributed by atoms with Gasteiger partial charge in [0.1, 0.15) is 29.9 Å². The van der Waals surface area contributed by atoms with E-state index in [-0.39, 0.29) is 10.8 Å². The van der Waals surface area contributed by atoms with Crippen molar-refractivity contribution in [3.05, 3.63) is 29.0 Å². The zero-order valence-corrected chi connectivity index (χ0v) is 9.65. The van der Waals surface area contributed by atoms with Crippen LogP contribution in [0.25, 0.3) is 0 Å². The minimum Gasteiger partial charge on any atom is -0.491 e. The highest BCUT2D eigenvalue weighted by Gasteiger charge is 2.42. The predicted octanol–water partition coefficient (Wildman–Crippen LogP) is 2.97. The molecule has 0 aliphatic heterocycles. The van der Waals surface area contributed by atoms with E-state index in [0.29, 0.717) is 0 Å². The van der Waals surface area contributed by atoms with Crippen molar-refractivity contribution in [2.75, 3.05) is 6.61 Å². The van der Waals surface area contributed by atoms with Crippen molar-refractivity contribution < 1.29 is 22.3 Å². The first-order valence-electron chi connectivity index (χ1n) is 4.70. The fourth-order valence-electron chi connectivity index (χ4n) is 1.13. The molecule has 3 nitrogen and oxygen atoms in total. The maximum atomic E-state index is 12.7. The van der Waals surface area contributed by atoms with Crippen molar-refractivity contribution in [2.24, 2.45) is 11.7 Å². The molecule has 0 aliphatic rings. The third kappa shape index (κ3) is 3.76. The largest absolute Gasteiger partial charge is 0.491 e. The van der Waals surface area contributed by atoms with Crippen molar-refractivity contribution in [2.45, 2.75) is 6.18 Å². The van der Waals surface area contributed by atoms with Crippen molar-refractivity contribution in [1.82, 2.24) is 0 Å². The van der Waals surface area contributed by atoms with Gasteiger partial charge in [0.25, 0.3) is 0 Å². The maximum Gasteiger partial charge on any atom is 0.401 e. The molecule has 1 atom stereocenters. The van der Waals surface area contributed by atoms with E-state index in [0.717, 1.165) is 18.2 Å². The Balaban J connectivity index is 2.77. The lowest BCUT2D eigenvalue weighted by molar-refractivity contribution is -0.162. The lowest BCUT2D eigenvalue weighted by Crippen LogP contribution is -2.39. The lowest BCUT2D eigenvalue weighted by Gasteiger charge is -2.19. The number of amidine groups is 1. The van der Waals surface area contributed by atoms with Crippen LogP contribution in [0.2, 0.25) is 5.02 Å². The summed E-state index contributed by atoms with van der Waals surface area (Å²) in [4.78, 5) is 0. The first-order valence-corrected chi connectivity index (χ1v) is 5.08. The molecule has 0 heterocycles. The second-order valence-electron chi connectivity index (χ2n) is 3.44. The van der Waals surface area contributed by atoms with Crippen LogP contribution in [0.3, 0.4) is 0 Å². The third-order valence-electron chi connectivity index (χ3n) is 2.07. The van der Waals surface area contributed by atoms with Crippen LogP contribution in [-0.2, 0) is 0 Å². The van der Waals surface area contributed by atoms with E-state index in [2.05, 4.69) is 0 Å². The maximum absolute atomic E-state index is 12.7. The first kappa shape index (κ1) is 14.6. The normalized spacial score (nSPS) is 13.2. The van der Waals surface area contributed by atoms with Crippen LogP contribution in [0.5, 0.6) is 5.75 Å². The molecule has 0 saturated heterocycles. The molecule has 8 heteroatoms. The van der Waals surface area contributed by atoms with Gasteiger partial charge in [-0.05, 0) is 18.2 Å². The van der Waals surface area contributed by atoms with E-state index in [1.54, 1.807) is 0 Å². The summed E-state index contributed by atoms with van der Waals surface area (Å²) >= 11 is 5.58. The summed E-state index contributed by atoms with van der Waals surface area (Å²) in [6.07, 6.45) is -4.68. The highest BCUT2D eigenvalue weighted by molar-refractivity contribution is 6.32. The topological polar surface area (TPSA) is 59.1 Å². The standard InChI is InChI=1S/C10H9ClF4N2O/c11-7-3-5(12)1-2-8(7)18-4-6(9(16)17)10(13,14)15/h1-3,6H,4H2,(H3,16,17). The molecule has 0 bridgehead atoms. The third-order valence-corrected chi connectivity index (χ3v) is 2.37. The van der Waals surface area contributed by atoms with Gasteiger partial charge in [-0.3, -0.25) is 5.41 Å². The number of nitrogens with one attached hydrogen (secondary N) is 1. The van der Waals surface area contributed by atoms with E-state index in [1.165, 1.54) is 0 Å². The lowest BCUT2D eigenvalue weighted by atomic mass is 10.1. The summed E-state index contributed by atoms with van der Waals surface area (Å²) in [5.74, 6) is -4.01. The molecule has 1 aromatic rings. The number of nitrogens with two attached hydrogens (primary N) is 1. The average Bonchev–Trinajstić information content (AvgIpc) is 2.18. The Bertz CT molecular complexity index is 450. The van der Waals surface area contributed by atoms with Gasteiger partial charge >= 0.3 is 6.18 Å². The Kier molecular flexibility index (Phi) is 4.39. The van der Waals surface area contributed by atoms with Crippen LogP contribution in [0.1, 0.15) is 0 Å². The van der Waals surface area contributed by atoms with E-state index < -0.39 is 30.4 Å². The molecule has 1 unspecified atom stereocenters. The van der Waals surface area contributed by atoms with Crippen LogP contribution < -0.4 is 10.5 Å². The Labute approximate surface area is 105 Å². The Morgan fingerprint density at radius 3 is 2.50 bits per heavy atom. The smallest absolute Gasteiger partial charge is 0.401 e. The highest BCUT2D eigenvalue weighted by atomic mass is 35.5. The molecule has 0 aromatic heterocycles. The molecule has 0 fully saturated rings. The number of benzene rings is 1. The summed E-state index contributed by atoms with van der Waals surface area (Å²) in [6, 6.07) is 3.01. The summed E-state index contributed by atoms with van der Waals surface area (Å²) in [5.41, 5.74) is 4.84. The van der Waals surface area contributed by atoms with Crippen molar-refractivity contribution in [3.8, 4) is 5.75 Å². The molecular weight excluding hydrogens is 276 g/mol. The zero-order valence-electron chi connectivity index (χ0n) is 8.89. The van der Waals surface area contributed by atoms with E-state index in [4.69, 9.17) is 27.5 Å². The SMILES string of the molecule is N=C(N)C(COc1ccc(F)cc1Cl)C(F)(F)F. The molecule has 0 aliphatic carbocycles. The molecule has 0 radical (unpaired) electrons. The van der Waals surface area contributed by atoms with Crippen LogP contribution in [-0.4, -0.2) is 18.6 Å².